The van der Waals surface area contributed by atoms with Crippen LogP contribution in [0.25, 0.3) is 0 Å². The van der Waals surface area contributed by atoms with Gasteiger partial charge < -0.3 is 15.2 Å². The fourth-order valence-electron chi connectivity index (χ4n) is 2.80. The van der Waals surface area contributed by atoms with Crippen molar-refractivity contribution in [1.82, 2.24) is 0 Å². The maximum absolute atomic E-state index is 13.5. The molecule has 2 atom stereocenters. The maximum atomic E-state index is 13.5. The Bertz CT molecular complexity index is 482. The zero-order valence-electron chi connectivity index (χ0n) is 12.0. The van der Waals surface area contributed by atoms with E-state index in [-0.39, 0.29) is 17.5 Å². The number of nitrogens with two attached hydrogens (primary N) is 1. The quantitative estimate of drug-likeness (QED) is 0.822. The lowest BCUT2D eigenvalue weighted by Crippen LogP contribution is -2.30. The molecule has 21 heavy (non-hydrogen) atoms. The minimum atomic E-state index is -3.09. The summed E-state index contributed by atoms with van der Waals surface area (Å²) in [7, 11) is 0. The minimum absolute atomic E-state index is 0.0177. The number of hydrogen-bond donors (Lipinski definition) is 1. The van der Waals surface area contributed by atoms with Crippen LogP contribution < -0.4 is 15.2 Å². The third-order valence-electron chi connectivity index (χ3n) is 3.92. The first kappa shape index (κ1) is 15.8. The fourth-order valence-corrected chi connectivity index (χ4v) is 2.80. The Labute approximate surface area is 122 Å². The first-order valence-corrected chi connectivity index (χ1v) is 7.21. The summed E-state index contributed by atoms with van der Waals surface area (Å²) in [4.78, 5) is 0. The van der Waals surface area contributed by atoms with Crippen molar-refractivity contribution in [3.63, 3.8) is 0 Å². The molecule has 0 aromatic heterocycles. The van der Waals surface area contributed by atoms with E-state index >= 15 is 0 Å². The van der Waals surface area contributed by atoms with Crippen LogP contribution in [0.1, 0.15) is 39.0 Å². The average molecular weight is 303 g/mol. The monoisotopic (exact) mass is 303 g/mol. The predicted molar refractivity (Wildman–Crippen MR) is 74.1 cm³/mol. The van der Waals surface area contributed by atoms with Gasteiger partial charge in [0.05, 0.1) is 5.69 Å². The van der Waals surface area contributed by atoms with E-state index in [4.69, 9.17) is 10.5 Å². The van der Waals surface area contributed by atoms with Crippen molar-refractivity contribution in [2.75, 3.05) is 5.73 Å². The van der Waals surface area contributed by atoms with Crippen molar-refractivity contribution in [3.05, 3.63) is 17.9 Å². The number of rotatable bonds is 5. The normalized spacial score (nSPS) is 22.3. The van der Waals surface area contributed by atoms with Gasteiger partial charge in [-0.1, -0.05) is 13.3 Å². The van der Waals surface area contributed by atoms with Gasteiger partial charge in [-0.3, -0.25) is 0 Å². The molecule has 2 N–H and O–H groups in total. The zero-order valence-corrected chi connectivity index (χ0v) is 12.0. The highest BCUT2D eigenvalue weighted by Crippen LogP contribution is 2.36. The van der Waals surface area contributed by atoms with Crippen molar-refractivity contribution in [2.45, 2.75) is 51.7 Å². The first-order valence-electron chi connectivity index (χ1n) is 7.21. The molecule has 3 nitrogen and oxygen atoms in total. The van der Waals surface area contributed by atoms with Crippen molar-refractivity contribution < 1.29 is 22.6 Å². The lowest BCUT2D eigenvalue weighted by molar-refractivity contribution is -0.0523. The molecule has 0 radical (unpaired) electrons. The number of benzene rings is 1. The van der Waals surface area contributed by atoms with Gasteiger partial charge in [0.1, 0.15) is 11.9 Å². The SMILES string of the molecule is CCC1CCCCC1Oc1cc(OC(F)F)c(F)cc1N. The molecular weight excluding hydrogens is 283 g/mol. The Kier molecular flexibility index (Phi) is 5.20. The van der Waals surface area contributed by atoms with Crippen LogP contribution in [0.5, 0.6) is 11.5 Å². The smallest absolute Gasteiger partial charge is 0.387 e. The number of nitrogen functional groups attached to an aromatic ring is 1. The highest BCUT2D eigenvalue weighted by atomic mass is 19.3. The second kappa shape index (κ2) is 6.91. The van der Waals surface area contributed by atoms with Gasteiger partial charge in [0.25, 0.3) is 0 Å². The lowest BCUT2D eigenvalue weighted by Gasteiger charge is -2.31. The Balaban J connectivity index is 2.18. The van der Waals surface area contributed by atoms with Crippen molar-refractivity contribution >= 4 is 5.69 Å². The topological polar surface area (TPSA) is 44.5 Å². The highest BCUT2D eigenvalue weighted by Gasteiger charge is 2.26. The number of anilines is 1. The van der Waals surface area contributed by atoms with Crippen molar-refractivity contribution in [2.24, 2.45) is 5.92 Å². The number of hydrogen-bond acceptors (Lipinski definition) is 3. The van der Waals surface area contributed by atoms with E-state index in [1.165, 1.54) is 0 Å². The van der Waals surface area contributed by atoms with Crippen LogP contribution >= 0.6 is 0 Å². The molecule has 1 aliphatic rings. The molecule has 0 aliphatic heterocycles. The summed E-state index contributed by atoms with van der Waals surface area (Å²) < 4.78 is 48.0. The summed E-state index contributed by atoms with van der Waals surface area (Å²) in [6.45, 7) is -1.000. The molecule has 0 bridgehead atoms. The molecule has 1 saturated carbocycles. The Morgan fingerprint density at radius 2 is 1.95 bits per heavy atom. The first-order chi connectivity index (χ1) is 10.0. The van der Waals surface area contributed by atoms with Gasteiger partial charge in [0.15, 0.2) is 11.6 Å². The Morgan fingerprint density at radius 3 is 2.62 bits per heavy atom. The summed E-state index contributed by atoms with van der Waals surface area (Å²) >= 11 is 0. The van der Waals surface area contributed by atoms with Crippen LogP contribution in [0, 0.1) is 11.7 Å². The standard InChI is InChI=1S/C15H20F3NO2/c1-2-9-5-3-4-6-12(9)20-14-8-13(21-15(17)18)10(16)7-11(14)19/h7-9,12,15H,2-6,19H2,1H3. The molecule has 6 heteroatoms. The molecule has 1 fully saturated rings. The van der Waals surface area contributed by atoms with Crippen molar-refractivity contribution in [1.29, 1.82) is 0 Å². The lowest BCUT2D eigenvalue weighted by atomic mass is 9.85. The van der Waals surface area contributed by atoms with Crippen LogP contribution in [0.15, 0.2) is 12.1 Å². The molecule has 1 aromatic carbocycles. The van der Waals surface area contributed by atoms with E-state index in [0.717, 1.165) is 44.2 Å². The largest absolute Gasteiger partial charge is 0.488 e. The van der Waals surface area contributed by atoms with Crippen molar-refractivity contribution in [3.8, 4) is 11.5 Å². The van der Waals surface area contributed by atoms with Gasteiger partial charge in [-0.25, -0.2) is 4.39 Å². The summed E-state index contributed by atoms with van der Waals surface area (Å²) in [5, 5.41) is 0. The fraction of sp³-hybridized carbons (Fsp3) is 0.600. The van der Waals surface area contributed by atoms with Gasteiger partial charge >= 0.3 is 6.61 Å². The molecule has 2 rings (SSSR count). The molecule has 1 aromatic rings. The Hall–Kier alpha value is -1.59. The molecule has 0 amide bonds. The molecular formula is C15H20F3NO2. The van der Waals surface area contributed by atoms with Crippen LogP contribution in [0.4, 0.5) is 18.9 Å². The van der Waals surface area contributed by atoms with E-state index in [0.29, 0.717) is 5.92 Å². The molecule has 1 aliphatic carbocycles. The van der Waals surface area contributed by atoms with Gasteiger partial charge in [0, 0.05) is 12.1 Å². The van der Waals surface area contributed by atoms with Gasteiger partial charge in [-0.2, -0.15) is 8.78 Å². The van der Waals surface area contributed by atoms with E-state index in [2.05, 4.69) is 11.7 Å². The van der Waals surface area contributed by atoms with E-state index in [1.807, 2.05) is 0 Å². The number of ether oxygens (including phenoxy) is 2. The van der Waals surface area contributed by atoms with E-state index in [9.17, 15) is 13.2 Å². The zero-order chi connectivity index (χ0) is 15.4. The molecule has 0 heterocycles. The maximum Gasteiger partial charge on any atom is 0.387 e. The van der Waals surface area contributed by atoms with E-state index < -0.39 is 18.2 Å². The molecule has 0 spiro atoms. The predicted octanol–water partition coefficient (Wildman–Crippen LogP) is 4.36. The third kappa shape index (κ3) is 3.95. The minimum Gasteiger partial charge on any atom is -0.488 e. The van der Waals surface area contributed by atoms with Crippen LogP contribution in [-0.2, 0) is 0 Å². The molecule has 118 valence electrons. The Morgan fingerprint density at radius 1 is 1.24 bits per heavy atom. The third-order valence-corrected chi connectivity index (χ3v) is 3.92. The van der Waals surface area contributed by atoms with Gasteiger partial charge in [-0.05, 0) is 31.6 Å². The second-order valence-corrected chi connectivity index (χ2v) is 5.31. The summed E-state index contributed by atoms with van der Waals surface area (Å²) in [5.41, 5.74) is 5.81. The van der Waals surface area contributed by atoms with Crippen LogP contribution in [-0.4, -0.2) is 12.7 Å². The summed E-state index contributed by atoms with van der Waals surface area (Å²) in [6, 6.07) is 2.06. The van der Waals surface area contributed by atoms with Crippen LogP contribution in [0.2, 0.25) is 0 Å². The highest BCUT2D eigenvalue weighted by molar-refractivity contribution is 5.56. The number of halogens is 3. The van der Waals surface area contributed by atoms with E-state index in [1.54, 1.807) is 0 Å². The average Bonchev–Trinajstić information content (AvgIpc) is 2.44. The van der Waals surface area contributed by atoms with Gasteiger partial charge in [-0.15, -0.1) is 0 Å². The molecule has 0 saturated heterocycles. The summed E-state index contributed by atoms with van der Waals surface area (Å²) in [6.07, 6.45) is 5.14. The van der Waals surface area contributed by atoms with Gasteiger partial charge in [0.2, 0.25) is 0 Å². The van der Waals surface area contributed by atoms with Crippen LogP contribution in [0.3, 0.4) is 0 Å². The second-order valence-electron chi connectivity index (χ2n) is 5.31. The molecule has 2 unspecified atom stereocenters. The summed E-state index contributed by atoms with van der Waals surface area (Å²) in [5.74, 6) is -0.853. The number of alkyl halides is 2.